The van der Waals surface area contributed by atoms with Crippen molar-refractivity contribution in [3.05, 3.63) is 35.3 Å². The average Bonchev–Trinajstić information content (AvgIpc) is 2.49. The van der Waals surface area contributed by atoms with E-state index in [1.807, 2.05) is 6.92 Å². The predicted octanol–water partition coefficient (Wildman–Crippen LogP) is 3.50. The molecule has 1 aromatic carbocycles. The van der Waals surface area contributed by atoms with Gasteiger partial charge in [0.15, 0.2) is 0 Å². The Kier molecular flexibility index (Phi) is 2.96. The van der Waals surface area contributed by atoms with Crippen LogP contribution in [0.25, 0.3) is 10.9 Å². The molecule has 0 aliphatic carbocycles. The van der Waals surface area contributed by atoms with Gasteiger partial charge in [0.05, 0.1) is 0 Å². The molecule has 2 N–H and O–H groups in total. The van der Waals surface area contributed by atoms with E-state index in [9.17, 15) is 4.39 Å². The van der Waals surface area contributed by atoms with Crippen LogP contribution in [0.4, 0.5) is 4.39 Å². The van der Waals surface area contributed by atoms with Crippen LogP contribution >= 0.6 is 0 Å². The van der Waals surface area contributed by atoms with Gasteiger partial charge in [0, 0.05) is 28.7 Å². The Bertz CT molecular complexity index is 535. The van der Waals surface area contributed by atoms with Crippen LogP contribution in [0, 0.1) is 12.7 Å². The van der Waals surface area contributed by atoms with Gasteiger partial charge in [0.1, 0.15) is 5.82 Å². The standard InChI is InChI=1S/C14H19FN2/c1-9-12(8-16-14(2,3)4)11-7-10(15)5-6-13(11)17-9/h5-7,16-17H,8H2,1-4H3. The van der Waals surface area contributed by atoms with Crippen LogP contribution in [0.15, 0.2) is 18.2 Å². The predicted molar refractivity (Wildman–Crippen MR) is 69.6 cm³/mol. The van der Waals surface area contributed by atoms with Crippen molar-refractivity contribution < 1.29 is 4.39 Å². The Hall–Kier alpha value is -1.35. The number of halogens is 1. The molecule has 1 aromatic heterocycles. The SMILES string of the molecule is Cc1[nH]c2ccc(F)cc2c1CNC(C)(C)C. The van der Waals surface area contributed by atoms with Crippen molar-refractivity contribution in [2.75, 3.05) is 0 Å². The highest BCUT2D eigenvalue weighted by Crippen LogP contribution is 2.23. The summed E-state index contributed by atoms with van der Waals surface area (Å²) in [6.45, 7) is 9.14. The summed E-state index contributed by atoms with van der Waals surface area (Å²) >= 11 is 0. The van der Waals surface area contributed by atoms with E-state index in [1.54, 1.807) is 12.1 Å². The zero-order valence-corrected chi connectivity index (χ0v) is 10.8. The second-order valence-corrected chi connectivity index (χ2v) is 5.52. The quantitative estimate of drug-likeness (QED) is 0.817. The molecule has 0 aliphatic heterocycles. The molecule has 2 nitrogen and oxygen atoms in total. The molecule has 0 radical (unpaired) electrons. The highest BCUT2D eigenvalue weighted by Gasteiger charge is 2.13. The normalized spacial score (nSPS) is 12.3. The Morgan fingerprint density at radius 2 is 2.00 bits per heavy atom. The molecule has 1 heterocycles. The van der Waals surface area contributed by atoms with Gasteiger partial charge < -0.3 is 10.3 Å². The number of hydrogen-bond acceptors (Lipinski definition) is 1. The Labute approximate surface area is 101 Å². The van der Waals surface area contributed by atoms with Crippen LogP contribution in [-0.2, 0) is 6.54 Å². The summed E-state index contributed by atoms with van der Waals surface area (Å²) in [5.74, 6) is -0.187. The largest absolute Gasteiger partial charge is 0.358 e. The number of hydrogen-bond donors (Lipinski definition) is 2. The lowest BCUT2D eigenvalue weighted by molar-refractivity contribution is 0.424. The number of rotatable bonds is 2. The highest BCUT2D eigenvalue weighted by molar-refractivity contribution is 5.84. The Morgan fingerprint density at radius 1 is 1.29 bits per heavy atom. The van der Waals surface area contributed by atoms with Gasteiger partial charge in [-0.2, -0.15) is 0 Å². The maximum Gasteiger partial charge on any atom is 0.123 e. The van der Waals surface area contributed by atoms with Crippen molar-refractivity contribution in [2.24, 2.45) is 0 Å². The maximum absolute atomic E-state index is 13.3. The van der Waals surface area contributed by atoms with E-state index in [1.165, 1.54) is 6.07 Å². The molecule has 17 heavy (non-hydrogen) atoms. The van der Waals surface area contributed by atoms with Crippen molar-refractivity contribution >= 4 is 10.9 Å². The molecule has 0 saturated heterocycles. The summed E-state index contributed by atoms with van der Waals surface area (Å²) in [5.41, 5.74) is 3.30. The van der Waals surface area contributed by atoms with Gasteiger partial charge in [-0.05, 0) is 51.5 Å². The van der Waals surface area contributed by atoms with E-state index in [0.717, 1.165) is 28.7 Å². The third-order valence-electron chi connectivity index (χ3n) is 2.88. The minimum Gasteiger partial charge on any atom is -0.358 e. The van der Waals surface area contributed by atoms with Crippen LogP contribution in [-0.4, -0.2) is 10.5 Å². The summed E-state index contributed by atoms with van der Waals surface area (Å²) in [5, 5.41) is 4.41. The molecule has 92 valence electrons. The highest BCUT2D eigenvalue weighted by atomic mass is 19.1. The van der Waals surface area contributed by atoms with Crippen molar-refractivity contribution in [3.63, 3.8) is 0 Å². The molecule has 0 spiro atoms. The molecule has 3 heteroatoms. The van der Waals surface area contributed by atoms with Crippen molar-refractivity contribution in [1.82, 2.24) is 10.3 Å². The average molecular weight is 234 g/mol. The van der Waals surface area contributed by atoms with Gasteiger partial charge in [-0.15, -0.1) is 0 Å². The monoisotopic (exact) mass is 234 g/mol. The molecular weight excluding hydrogens is 215 g/mol. The van der Waals surface area contributed by atoms with Gasteiger partial charge in [-0.1, -0.05) is 0 Å². The second kappa shape index (κ2) is 4.15. The molecule has 0 aliphatic rings. The fraction of sp³-hybridized carbons (Fsp3) is 0.429. The molecule has 0 bridgehead atoms. The first-order chi connectivity index (χ1) is 7.87. The fourth-order valence-corrected chi connectivity index (χ4v) is 1.94. The second-order valence-electron chi connectivity index (χ2n) is 5.52. The van der Waals surface area contributed by atoms with E-state index in [-0.39, 0.29) is 11.4 Å². The molecule has 0 amide bonds. The lowest BCUT2D eigenvalue weighted by atomic mass is 10.1. The van der Waals surface area contributed by atoms with E-state index >= 15 is 0 Å². The van der Waals surface area contributed by atoms with Gasteiger partial charge in [0.2, 0.25) is 0 Å². The van der Waals surface area contributed by atoms with Crippen LogP contribution in [0.3, 0.4) is 0 Å². The van der Waals surface area contributed by atoms with Crippen molar-refractivity contribution in [2.45, 2.75) is 39.8 Å². The van der Waals surface area contributed by atoms with E-state index in [0.29, 0.717) is 0 Å². The third kappa shape index (κ3) is 2.67. The number of H-pyrrole nitrogens is 1. The Balaban J connectivity index is 2.38. The number of aryl methyl sites for hydroxylation is 1. The Morgan fingerprint density at radius 3 is 2.65 bits per heavy atom. The van der Waals surface area contributed by atoms with Crippen molar-refractivity contribution in [3.8, 4) is 0 Å². The summed E-state index contributed by atoms with van der Waals surface area (Å²) in [7, 11) is 0. The first-order valence-corrected chi connectivity index (χ1v) is 5.88. The minimum absolute atomic E-state index is 0.0589. The summed E-state index contributed by atoms with van der Waals surface area (Å²) in [6.07, 6.45) is 0. The fourth-order valence-electron chi connectivity index (χ4n) is 1.94. The number of fused-ring (bicyclic) bond motifs is 1. The van der Waals surface area contributed by atoms with Crippen molar-refractivity contribution in [1.29, 1.82) is 0 Å². The molecule has 0 fully saturated rings. The molecule has 2 rings (SSSR count). The number of aromatic nitrogens is 1. The zero-order chi connectivity index (χ0) is 12.6. The summed E-state index contributed by atoms with van der Waals surface area (Å²) in [6, 6.07) is 4.87. The van der Waals surface area contributed by atoms with Gasteiger partial charge in [-0.3, -0.25) is 0 Å². The maximum atomic E-state index is 13.3. The first-order valence-electron chi connectivity index (χ1n) is 5.88. The molecule has 0 saturated carbocycles. The van der Waals surface area contributed by atoms with Crippen LogP contribution in [0.2, 0.25) is 0 Å². The number of aromatic amines is 1. The van der Waals surface area contributed by atoms with Gasteiger partial charge >= 0.3 is 0 Å². The first kappa shape index (κ1) is 12.1. The van der Waals surface area contributed by atoms with E-state index in [2.05, 4.69) is 31.1 Å². The number of benzene rings is 1. The lowest BCUT2D eigenvalue weighted by Gasteiger charge is -2.20. The lowest BCUT2D eigenvalue weighted by Crippen LogP contribution is -2.35. The van der Waals surface area contributed by atoms with E-state index in [4.69, 9.17) is 0 Å². The topological polar surface area (TPSA) is 27.8 Å². The van der Waals surface area contributed by atoms with E-state index < -0.39 is 0 Å². The minimum atomic E-state index is -0.187. The van der Waals surface area contributed by atoms with Crippen LogP contribution in [0.5, 0.6) is 0 Å². The molecule has 0 atom stereocenters. The van der Waals surface area contributed by atoms with Crippen LogP contribution in [0.1, 0.15) is 32.0 Å². The van der Waals surface area contributed by atoms with Crippen LogP contribution < -0.4 is 5.32 Å². The van der Waals surface area contributed by atoms with Gasteiger partial charge in [0.25, 0.3) is 0 Å². The molecular formula is C14H19FN2. The zero-order valence-electron chi connectivity index (χ0n) is 10.8. The molecule has 0 unspecified atom stereocenters. The summed E-state index contributed by atoms with van der Waals surface area (Å²) in [4.78, 5) is 3.28. The number of nitrogens with one attached hydrogen (secondary N) is 2. The molecule has 2 aromatic rings. The smallest absolute Gasteiger partial charge is 0.123 e. The third-order valence-corrected chi connectivity index (χ3v) is 2.88. The van der Waals surface area contributed by atoms with Gasteiger partial charge in [-0.25, -0.2) is 4.39 Å². The summed E-state index contributed by atoms with van der Waals surface area (Å²) < 4.78 is 13.3.